The number of ether oxygens (including phenoxy) is 1. The Morgan fingerprint density at radius 2 is 1.85 bits per heavy atom. The van der Waals surface area contributed by atoms with Gasteiger partial charge in [0.1, 0.15) is 5.75 Å². The lowest BCUT2D eigenvalue weighted by molar-refractivity contribution is 0.0688. The first kappa shape index (κ1) is 21.9. The maximum absolute atomic E-state index is 13.6. The second kappa shape index (κ2) is 9.16. The number of fused-ring (bicyclic) bond motifs is 1. The van der Waals surface area contributed by atoms with E-state index in [1.54, 1.807) is 7.11 Å². The molecule has 0 atom stereocenters. The molecule has 0 radical (unpaired) electrons. The van der Waals surface area contributed by atoms with E-state index in [0.29, 0.717) is 11.8 Å². The summed E-state index contributed by atoms with van der Waals surface area (Å²) in [5.74, 6) is 2.21. The van der Waals surface area contributed by atoms with Gasteiger partial charge >= 0.3 is 0 Å². The summed E-state index contributed by atoms with van der Waals surface area (Å²) in [7, 11) is 1.70. The maximum atomic E-state index is 13.6. The van der Waals surface area contributed by atoms with E-state index in [9.17, 15) is 4.79 Å². The molecule has 0 spiro atoms. The molecule has 3 heterocycles. The molecule has 0 unspecified atom stereocenters. The lowest BCUT2D eigenvalue weighted by Crippen LogP contribution is -2.38. The summed E-state index contributed by atoms with van der Waals surface area (Å²) in [6.07, 6.45) is 8.54. The van der Waals surface area contributed by atoms with Gasteiger partial charge < -0.3 is 9.64 Å². The lowest BCUT2D eigenvalue weighted by atomic mass is 9.90. The van der Waals surface area contributed by atoms with Crippen molar-refractivity contribution in [2.75, 3.05) is 20.2 Å². The van der Waals surface area contributed by atoms with Gasteiger partial charge in [-0.25, -0.2) is 9.67 Å². The number of carbonyl (C=O) groups excluding carboxylic acids is 1. The van der Waals surface area contributed by atoms with E-state index >= 15 is 0 Å². The van der Waals surface area contributed by atoms with Gasteiger partial charge in [-0.2, -0.15) is 5.10 Å². The van der Waals surface area contributed by atoms with Crippen LogP contribution in [0, 0.1) is 5.92 Å². The predicted molar refractivity (Wildman–Crippen MR) is 130 cm³/mol. The van der Waals surface area contributed by atoms with Crippen LogP contribution in [0.1, 0.15) is 79.5 Å². The largest absolute Gasteiger partial charge is 0.497 e. The Morgan fingerprint density at radius 1 is 1.12 bits per heavy atom. The van der Waals surface area contributed by atoms with Gasteiger partial charge in [0.25, 0.3) is 5.91 Å². The molecule has 1 amide bonds. The molecular weight excluding hydrogens is 412 g/mol. The molecule has 1 saturated carbocycles. The number of pyridine rings is 1. The first-order chi connectivity index (χ1) is 16.0. The first-order valence-electron chi connectivity index (χ1n) is 12.3. The van der Waals surface area contributed by atoms with Crippen molar-refractivity contribution >= 4 is 16.9 Å². The van der Waals surface area contributed by atoms with Crippen molar-refractivity contribution in [1.29, 1.82) is 0 Å². The molecule has 0 N–H and O–H groups in total. The number of methoxy groups -OCH3 is 1. The Labute approximate surface area is 195 Å². The van der Waals surface area contributed by atoms with Gasteiger partial charge in [-0.1, -0.05) is 12.1 Å². The number of likely N-dealkylation sites (tertiary alicyclic amines) is 1. The van der Waals surface area contributed by atoms with Crippen molar-refractivity contribution in [1.82, 2.24) is 19.7 Å². The average molecular weight is 447 g/mol. The van der Waals surface area contributed by atoms with E-state index in [-0.39, 0.29) is 11.9 Å². The number of hydrogen-bond acceptors (Lipinski definition) is 4. The topological polar surface area (TPSA) is 60.2 Å². The predicted octanol–water partition coefficient (Wildman–Crippen LogP) is 5.38. The number of nitrogens with zero attached hydrogens (tertiary/aromatic N) is 4. The minimum Gasteiger partial charge on any atom is -0.497 e. The van der Waals surface area contributed by atoms with Gasteiger partial charge in [0.15, 0.2) is 5.65 Å². The number of amides is 1. The number of aryl methyl sites for hydroxylation is 1. The van der Waals surface area contributed by atoms with Crippen LogP contribution in [-0.4, -0.2) is 45.8 Å². The molecule has 5 rings (SSSR count). The van der Waals surface area contributed by atoms with Crippen molar-refractivity contribution < 1.29 is 9.53 Å². The third kappa shape index (κ3) is 4.61. The van der Waals surface area contributed by atoms with Crippen molar-refractivity contribution in [2.24, 2.45) is 5.92 Å². The summed E-state index contributed by atoms with van der Waals surface area (Å²) in [6.45, 7) is 5.87. The third-order valence-electron chi connectivity index (χ3n) is 7.20. The molecule has 174 valence electrons. The van der Waals surface area contributed by atoms with Gasteiger partial charge in [-0.3, -0.25) is 4.79 Å². The minimum absolute atomic E-state index is 0.140. The van der Waals surface area contributed by atoms with E-state index < -0.39 is 0 Å². The minimum atomic E-state index is 0.140. The number of aromatic nitrogens is 3. The van der Waals surface area contributed by atoms with Crippen LogP contribution in [0.2, 0.25) is 0 Å². The summed E-state index contributed by atoms with van der Waals surface area (Å²) >= 11 is 0. The fourth-order valence-electron chi connectivity index (χ4n) is 4.94. The van der Waals surface area contributed by atoms with Crippen LogP contribution < -0.4 is 4.74 Å². The Morgan fingerprint density at radius 3 is 2.48 bits per heavy atom. The highest BCUT2D eigenvalue weighted by atomic mass is 16.5. The van der Waals surface area contributed by atoms with Crippen molar-refractivity contribution in [3.05, 3.63) is 53.3 Å². The van der Waals surface area contributed by atoms with E-state index in [1.165, 1.54) is 24.8 Å². The van der Waals surface area contributed by atoms with Crippen molar-refractivity contribution in [3.8, 4) is 5.75 Å². The summed E-state index contributed by atoms with van der Waals surface area (Å²) < 4.78 is 7.20. The summed E-state index contributed by atoms with van der Waals surface area (Å²) in [6, 6.07) is 10.6. The second-order valence-electron chi connectivity index (χ2n) is 9.91. The number of hydrogen-bond donors (Lipinski definition) is 0. The molecule has 1 aromatic carbocycles. The van der Waals surface area contributed by atoms with Crippen molar-refractivity contribution in [3.63, 3.8) is 0 Å². The monoisotopic (exact) mass is 446 g/mol. The summed E-state index contributed by atoms with van der Waals surface area (Å²) in [5.41, 5.74) is 4.04. The van der Waals surface area contributed by atoms with Crippen LogP contribution in [0.25, 0.3) is 11.0 Å². The van der Waals surface area contributed by atoms with Crippen molar-refractivity contribution in [2.45, 2.75) is 64.3 Å². The van der Waals surface area contributed by atoms with Gasteiger partial charge in [-0.15, -0.1) is 0 Å². The van der Waals surface area contributed by atoms with Crippen LogP contribution in [0.4, 0.5) is 0 Å². The van der Waals surface area contributed by atoms with E-state index in [2.05, 4.69) is 31.1 Å². The zero-order chi connectivity index (χ0) is 22.9. The molecular formula is C27H34N4O2. The fraction of sp³-hybridized carbons (Fsp3) is 0.519. The molecule has 2 aliphatic rings. The second-order valence-corrected chi connectivity index (χ2v) is 9.91. The Bertz CT molecular complexity index is 1120. The number of carbonyl (C=O) groups is 1. The molecule has 1 aliphatic carbocycles. The highest BCUT2D eigenvalue weighted by molar-refractivity contribution is 6.05. The number of benzene rings is 1. The van der Waals surface area contributed by atoms with Crippen LogP contribution in [0.15, 0.2) is 36.5 Å². The number of rotatable bonds is 7. The van der Waals surface area contributed by atoms with E-state index in [0.717, 1.165) is 60.4 Å². The molecule has 0 bridgehead atoms. The maximum Gasteiger partial charge on any atom is 0.254 e. The van der Waals surface area contributed by atoms with Crippen LogP contribution >= 0.6 is 0 Å². The Balaban J connectivity index is 1.26. The van der Waals surface area contributed by atoms with Gasteiger partial charge in [0.2, 0.25) is 0 Å². The van der Waals surface area contributed by atoms with Crippen LogP contribution in [-0.2, 0) is 6.42 Å². The standard InChI is InChI=1S/C27H34N4O2/c1-18(2)31-26-24(17-28-31)23(16-25(29-26)21-8-9-21)27(32)30-14-12-20(13-15-30)5-4-19-6-10-22(33-3)11-7-19/h6-7,10-11,16-18,20-21H,4-5,8-9,12-15H2,1-3H3. The van der Waals surface area contributed by atoms with E-state index in [4.69, 9.17) is 9.72 Å². The Kier molecular flexibility index (Phi) is 6.09. The molecule has 6 nitrogen and oxygen atoms in total. The third-order valence-corrected chi connectivity index (χ3v) is 7.20. The van der Waals surface area contributed by atoms with E-state index in [1.807, 2.05) is 34.0 Å². The van der Waals surface area contributed by atoms with Gasteiger partial charge in [0, 0.05) is 30.7 Å². The quantitative estimate of drug-likeness (QED) is 0.489. The number of piperidine rings is 1. The molecule has 6 heteroatoms. The molecule has 33 heavy (non-hydrogen) atoms. The Hall–Kier alpha value is -2.89. The molecule has 1 saturated heterocycles. The zero-order valence-electron chi connectivity index (χ0n) is 20.0. The SMILES string of the molecule is COc1ccc(CCC2CCN(C(=O)c3cc(C4CC4)nc4c3cnn4C(C)C)CC2)cc1. The highest BCUT2D eigenvalue weighted by Crippen LogP contribution is 2.40. The molecule has 3 aromatic rings. The zero-order valence-corrected chi connectivity index (χ0v) is 20.0. The van der Waals surface area contributed by atoms with Gasteiger partial charge in [0.05, 0.1) is 24.3 Å². The smallest absolute Gasteiger partial charge is 0.254 e. The summed E-state index contributed by atoms with van der Waals surface area (Å²) in [5, 5.41) is 5.44. The first-order valence-corrected chi connectivity index (χ1v) is 12.3. The molecule has 2 aromatic heterocycles. The van der Waals surface area contributed by atoms with Crippen LogP contribution in [0.5, 0.6) is 5.75 Å². The highest BCUT2D eigenvalue weighted by Gasteiger charge is 2.30. The molecule has 2 fully saturated rings. The summed E-state index contributed by atoms with van der Waals surface area (Å²) in [4.78, 5) is 20.5. The van der Waals surface area contributed by atoms with Crippen LogP contribution in [0.3, 0.4) is 0 Å². The molecule has 1 aliphatic heterocycles. The normalized spacial score (nSPS) is 17.2. The average Bonchev–Trinajstić information content (AvgIpc) is 3.61. The fourth-order valence-corrected chi connectivity index (χ4v) is 4.94. The van der Waals surface area contributed by atoms with Gasteiger partial charge in [-0.05, 0) is 82.1 Å². The lowest BCUT2D eigenvalue weighted by Gasteiger charge is -2.32.